The molecule has 0 unspecified atom stereocenters. The van der Waals surface area contributed by atoms with Crippen molar-refractivity contribution in [3.63, 3.8) is 0 Å². The zero-order valence-electron chi connectivity index (χ0n) is 13.1. The molecule has 120 valence electrons. The Balaban J connectivity index is 1.67. The van der Waals surface area contributed by atoms with Gasteiger partial charge in [-0.25, -0.2) is 0 Å². The van der Waals surface area contributed by atoms with Crippen LogP contribution in [0.3, 0.4) is 0 Å². The standard InChI is InChI=1S/C16H18N4O2S/c1-3-14-18-19-16(23-14)17-13(21)8-10-20-9-7-11-5-4-6-12(22-2)15(11)20/h4-7,9H,3,8,10H2,1-2H3,(H,17,19,21). The van der Waals surface area contributed by atoms with Crippen LogP contribution in [0.2, 0.25) is 0 Å². The van der Waals surface area contributed by atoms with Crippen LogP contribution in [-0.2, 0) is 17.8 Å². The molecule has 0 fully saturated rings. The molecule has 0 atom stereocenters. The highest BCUT2D eigenvalue weighted by atomic mass is 32.1. The molecular weight excluding hydrogens is 312 g/mol. The average Bonchev–Trinajstić information content (AvgIpc) is 3.19. The fourth-order valence-corrected chi connectivity index (χ4v) is 3.12. The maximum atomic E-state index is 12.1. The predicted molar refractivity (Wildman–Crippen MR) is 91.0 cm³/mol. The van der Waals surface area contributed by atoms with Gasteiger partial charge in [-0.05, 0) is 18.6 Å². The van der Waals surface area contributed by atoms with E-state index in [9.17, 15) is 4.79 Å². The summed E-state index contributed by atoms with van der Waals surface area (Å²) in [5.41, 5.74) is 1.01. The van der Waals surface area contributed by atoms with E-state index in [1.165, 1.54) is 11.3 Å². The summed E-state index contributed by atoms with van der Waals surface area (Å²) >= 11 is 1.41. The molecule has 0 bridgehead atoms. The number of hydrogen-bond acceptors (Lipinski definition) is 5. The number of nitrogens with one attached hydrogen (secondary N) is 1. The third kappa shape index (κ3) is 3.34. The molecule has 6 nitrogen and oxygen atoms in total. The summed E-state index contributed by atoms with van der Waals surface area (Å²) in [6.45, 7) is 2.59. The molecule has 1 aromatic carbocycles. The molecule has 0 aliphatic rings. The number of benzene rings is 1. The van der Waals surface area contributed by atoms with E-state index in [1.54, 1.807) is 7.11 Å². The highest BCUT2D eigenvalue weighted by Crippen LogP contribution is 2.26. The number of amides is 1. The number of carbonyl (C=O) groups is 1. The third-order valence-corrected chi connectivity index (χ3v) is 4.55. The Morgan fingerprint density at radius 3 is 2.96 bits per heavy atom. The van der Waals surface area contributed by atoms with Crippen LogP contribution in [0.15, 0.2) is 30.5 Å². The molecule has 0 radical (unpaired) electrons. The second-order valence-corrected chi connectivity index (χ2v) is 6.12. The number of aromatic nitrogens is 3. The van der Waals surface area contributed by atoms with Crippen LogP contribution >= 0.6 is 11.3 Å². The smallest absolute Gasteiger partial charge is 0.227 e. The summed E-state index contributed by atoms with van der Waals surface area (Å²) in [6, 6.07) is 7.93. The van der Waals surface area contributed by atoms with E-state index in [-0.39, 0.29) is 5.91 Å². The molecule has 7 heteroatoms. The number of para-hydroxylation sites is 1. The summed E-state index contributed by atoms with van der Waals surface area (Å²) in [4.78, 5) is 12.1. The van der Waals surface area contributed by atoms with Crippen molar-refractivity contribution >= 4 is 33.3 Å². The van der Waals surface area contributed by atoms with Gasteiger partial charge in [0.2, 0.25) is 11.0 Å². The summed E-state index contributed by atoms with van der Waals surface area (Å²) in [7, 11) is 1.65. The SMILES string of the molecule is CCc1nnc(NC(=O)CCn2ccc3cccc(OC)c32)s1. The van der Waals surface area contributed by atoms with E-state index in [0.717, 1.165) is 28.1 Å². The predicted octanol–water partition coefficient (Wildman–Crippen LogP) is 3.09. The van der Waals surface area contributed by atoms with Gasteiger partial charge in [0.25, 0.3) is 0 Å². The Kier molecular flexibility index (Phi) is 4.57. The average molecular weight is 330 g/mol. The van der Waals surface area contributed by atoms with E-state index in [1.807, 2.05) is 42.0 Å². The Morgan fingerprint density at radius 2 is 2.22 bits per heavy atom. The van der Waals surface area contributed by atoms with Gasteiger partial charge >= 0.3 is 0 Å². The Labute approximate surface area is 138 Å². The van der Waals surface area contributed by atoms with Gasteiger partial charge in [0.05, 0.1) is 12.6 Å². The highest BCUT2D eigenvalue weighted by Gasteiger charge is 2.10. The van der Waals surface area contributed by atoms with Gasteiger partial charge in [-0.3, -0.25) is 4.79 Å². The minimum absolute atomic E-state index is 0.0689. The lowest BCUT2D eigenvalue weighted by Gasteiger charge is -2.08. The van der Waals surface area contributed by atoms with Crippen LogP contribution in [-0.4, -0.2) is 27.8 Å². The maximum Gasteiger partial charge on any atom is 0.227 e. The van der Waals surface area contributed by atoms with E-state index in [0.29, 0.717) is 18.1 Å². The fraction of sp³-hybridized carbons (Fsp3) is 0.312. The Bertz CT molecular complexity index is 824. The first kappa shape index (κ1) is 15.5. The largest absolute Gasteiger partial charge is 0.495 e. The topological polar surface area (TPSA) is 69.0 Å². The van der Waals surface area contributed by atoms with E-state index < -0.39 is 0 Å². The molecule has 0 saturated carbocycles. The zero-order valence-corrected chi connectivity index (χ0v) is 13.9. The second-order valence-electron chi connectivity index (χ2n) is 5.06. The van der Waals surface area contributed by atoms with Crippen LogP contribution in [0.1, 0.15) is 18.4 Å². The maximum absolute atomic E-state index is 12.1. The summed E-state index contributed by atoms with van der Waals surface area (Å²) in [5.74, 6) is 0.741. The molecule has 2 aromatic heterocycles. The van der Waals surface area contributed by atoms with Gasteiger partial charge in [0.15, 0.2) is 0 Å². The lowest BCUT2D eigenvalue weighted by molar-refractivity contribution is -0.116. The number of fused-ring (bicyclic) bond motifs is 1. The van der Waals surface area contributed by atoms with Crippen LogP contribution in [0, 0.1) is 0 Å². The molecule has 3 rings (SSSR count). The molecule has 2 heterocycles. The second kappa shape index (κ2) is 6.78. The number of methoxy groups -OCH3 is 1. The molecule has 1 N–H and O–H groups in total. The highest BCUT2D eigenvalue weighted by molar-refractivity contribution is 7.15. The van der Waals surface area contributed by atoms with Gasteiger partial charge in [0, 0.05) is 24.5 Å². The van der Waals surface area contributed by atoms with Crippen molar-refractivity contribution < 1.29 is 9.53 Å². The Morgan fingerprint density at radius 1 is 1.35 bits per heavy atom. The molecule has 23 heavy (non-hydrogen) atoms. The number of anilines is 1. The number of nitrogens with zero attached hydrogens (tertiary/aromatic N) is 3. The lowest BCUT2D eigenvalue weighted by atomic mass is 10.2. The first-order valence-electron chi connectivity index (χ1n) is 7.45. The van der Waals surface area contributed by atoms with Crippen molar-refractivity contribution in [3.05, 3.63) is 35.5 Å². The number of hydrogen-bond donors (Lipinski definition) is 1. The summed E-state index contributed by atoms with van der Waals surface area (Å²) < 4.78 is 7.44. The molecule has 0 aliphatic heterocycles. The van der Waals surface area contributed by atoms with Gasteiger partial charge in [-0.1, -0.05) is 30.4 Å². The van der Waals surface area contributed by atoms with E-state index in [4.69, 9.17) is 4.74 Å². The zero-order chi connectivity index (χ0) is 16.2. The first-order chi connectivity index (χ1) is 11.2. The van der Waals surface area contributed by atoms with Crippen molar-refractivity contribution in [3.8, 4) is 5.75 Å². The summed E-state index contributed by atoms with van der Waals surface area (Å²) in [6.07, 6.45) is 3.16. The third-order valence-electron chi connectivity index (χ3n) is 3.57. The van der Waals surface area contributed by atoms with Gasteiger partial charge in [-0.15, -0.1) is 10.2 Å². The van der Waals surface area contributed by atoms with Crippen LogP contribution in [0.4, 0.5) is 5.13 Å². The van der Waals surface area contributed by atoms with Crippen molar-refractivity contribution in [2.45, 2.75) is 26.3 Å². The first-order valence-corrected chi connectivity index (χ1v) is 8.27. The summed E-state index contributed by atoms with van der Waals surface area (Å²) in [5, 5.41) is 13.3. The molecule has 0 spiro atoms. The fourth-order valence-electron chi connectivity index (χ4n) is 2.43. The van der Waals surface area contributed by atoms with Crippen molar-refractivity contribution in [2.75, 3.05) is 12.4 Å². The Hall–Kier alpha value is -2.41. The van der Waals surface area contributed by atoms with Crippen LogP contribution in [0.5, 0.6) is 5.75 Å². The van der Waals surface area contributed by atoms with Crippen LogP contribution < -0.4 is 10.1 Å². The van der Waals surface area contributed by atoms with Gasteiger partial charge in [-0.2, -0.15) is 0 Å². The molecule has 3 aromatic rings. The van der Waals surface area contributed by atoms with Crippen LogP contribution in [0.25, 0.3) is 10.9 Å². The monoisotopic (exact) mass is 330 g/mol. The normalized spacial score (nSPS) is 10.9. The van der Waals surface area contributed by atoms with Gasteiger partial charge < -0.3 is 14.6 Å². The lowest BCUT2D eigenvalue weighted by Crippen LogP contribution is -2.14. The van der Waals surface area contributed by atoms with E-state index >= 15 is 0 Å². The minimum atomic E-state index is -0.0689. The number of aryl methyl sites for hydroxylation is 2. The number of carbonyl (C=O) groups excluding carboxylic acids is 1. The van der Waals surface area contributed by atoms with Crippen molar-refractivity contribution in [1.82, 2.24) is 14.8 Å². The molecular formula is C16H18N4O2S. The van der Waals surface area contributed by atoms with E-state index in [2.05, 4.69) is 15.5 Å². The molecule has 1 amide bonds. The minimum Gasteiger partial charge on any atom is -0.495 e. The molecule has 0 saturated heterocycles. The van der Waals surface area contributed by atoms with Gasteiger partial charge in [0.1, 0.15) is 10.8 Å². The quantitative estimate of drug-likeness (QED) is 0.754. The molecule has 0 aliphatic carbocycles. The van der Waals surface area contributed by atoms with Crippen molar-refractivity contribution in [1.29, 1.82) is 0 Å². The number of rotatable bonds is 6. The van der Waals surface area contributed by atoms with Crippen molar-refractivity contribution in [2.24, 2.45) is 0 Å². The number of ether oxygens (including phenoxy) is 1.